The third-order valence-corrected chi connectivity index (χ3v) is 3.89. The molecule has 0 aromatic heterocycles. The van der Waals surface area contributed by atoms with Crippen molar-refractivity contribution < 1.29 is 167 Å². The number of rotatable bonds is 4. The molecule has 2 heterocycles. The van der Waals surface area contributed by atoms with E-state index in [2.05, 4.69) is 4.74 Å². The zero-order valence-electron chi connectivity index (χ0n) is 14.3. The molecule has 27 heavy (non-hydrogen) atoms. The summed E-state index contributed by atoms with van der Waals surface area (Å²) in [4.78, 5) is 21.9. The number of carbonyl (C=O) groups is 2. The van der Waals surface area contributed by atoms with Gasteiger partial charge in [-0.25, -0.2) is 0 Å². The van der Waals surface area contributed by atoms with Gasteiger partial charge in [0.2, 0.25) is 0 Å². The molecule has 0 aromatic carbocycles. The predicted octanol–water partition coefficient (Wildman–Crippen LogP) is -13.9. The quantitative estimate of drug-likeness (QED) is 0.221. The fourth-order valence-electron chi connectivity index (χ4n) is 2.50. The van der Waals surface area contributed by atoms with E-state index in [9.17, 15) is 50.4 Å². The first-order valence-electron chi connectivity index (χ1n) is 7.02. The molecule has 10 unspecified atom stereocenters. The van der Waals surface area contributed by atoms with Crippen LogP contribution in [0, 0.1) is 0 Å². The van der Waals surface area contributed by atoms with Gasteiger partial charge in [0.25, 0.3) is 0 Å². The summed E-state index contributed by atoms with van der Waals surface area (Å²) in [5.74, 6) is -3.92. The van der Waals surface area contributed by atoms with Crippen LogP contribution in [0.5, 0.6) is 0 Å². The van der Waals surface area contributed by atoms with E-state index in [1.54, 1.807) is 0 Å². The molecule has 2 rings (SSSR count). The van der Waals surface area contributed by atoms with Crippen LogP contribution in [0.1, 0.15) is 0 Å². The van der Waals surface area contributed by atoms with Crippen LogP contribution in [0.15, 0.2) is 0 Å². The zero-order valence-corrected chi connectivity index (χ0v) is 20.6. The van der Waals surface area contributed by atoms with E-state index in [4.69, 9.17) is 9.47 Å². The van der Waals surface area contributed by atoms with Crippen LogP contribution in [0.3, 0.4) is 0 Å². The summed E-state index contributed by atoms with van der Waals surface area (Å²) in [7, 11) is 0. The number of carboxylic acid groups (broad SMARTS) is 2. The van der Waals surface area contributed by atoms with Gasteiger partial charge in [0, 0.05) is 0 Å². The molecule has 0 spiro atoms. The maximum absolute atomic E-state index is 11.1. The summed E-state index contributed by atoms with van der Waals surface area (Å²) in [6, 6.07) is 0. The standard InChI is InChI=1S/C12H18O13.2K/c13-1-2(14)7(9(18)19)25-12(5(1)17)24-6-3(15)4(16)11(22)23-8(6)10(20)21;;/h1-8,11-17,22H,(H,18,19)(H,20,21);;/q;2*+1/p-2. The second-order valence-corrected chi connectivity index (χ2v) is 5.56. The molecule has 0 amide bonds. The number of carbonyl (C=O) groups excluding carboxylic acids is 2. The SMILES string of the molecule is O=C([O-])C1OC(OC2C(C(=O)[O-])OC(O)C(O)C2O)C(O)C(O)C1O.[K+].[K+]. The number of aliphatic carboxylic acids is 2. The fraction of sp³-hybridized carbons (Fsp3) is 0.833. The average Bonchev–Trinajstić information content (AvgIpc) is 2.54. The summed E-state index contributed by atoms with van der Waals surface area (Å²) in [6.07, 6.45) is -20.6. The average molecular weight is 446 g/mol. The Morgan fingerprint density at radius 3 is 1.70 bits per heavy atom. The molecule has 0 bridgehead atoms. The van der Waals surface area contributed by atoms with Crippen LogP contribution in [-0.4, -0.2) is 104 Å². The molecular formula is C12H16K2O13. The van der Waals surface area contributed by atoms with Crippen molar-refractivity contribution in [2.45, 2.75) is 61.4 Å². The van der Waals surface area contributed by atoms with E-state index in [0.717, 1.165) is 0 Å². The molecule has 0 saturated carbocycles. The first-order valence-corrected chi connectivity index (χ1v) is 7.02. The van der Waals surface area contributed by atoms with Crippen molar-refractivity contribution in [3.63, 3.8) is 0 Å². The van der Waals surface area contributed by atoms with Gasteiger partial charge < -0.3 is 64.7 Å². The van der Waals surface area contributed by atoms with Crippen molar-refractivity contribution >= 4 is 11.9 Å². The first kappa shape index (κ1) is 28.9. The van der Waals surface area contributed by atoms with Crippen LogP contribution >= 0.6 is 0 Å². The van der Waals surface area contributed by atoms with Crippen molar-refractivity contribution in [2.75, 3.05) is 0 Å². The molecule has 2 fully saturated rings. The number of hydrogen-bond donors (Lipinski definition) is 6. The molecule has 2 saturated heterocycles. The number of aliphatic hydroxyl groups is 6. The Morgan fingerprint density at radius 1 is 0.704 bits per heavy atom. The number of carboxylic acids is 2. The van der Waals surface area contributed by atoms with Gasteiger partial charge in [-0.1, -0.05) is 0 Å². The molecular weight excluding hydrogens is 430 g/mol. The summed E-state index contributed by atoms with van der Waals surface area (Å²) in [5, 5.41) is 79.6. The van der Waals surface area contributed by atoms with Crippen LogP contribution < -0.4 is 113 Å². The summed E-state index contributed by atoms with van der Waals surface area (Å²) in [5.41, 5.74) is 0. The minimum Gasteiger partial charge on any atom is -0.547 e. The molecule has 15 heteroatoms. The maximum Gasteiger partial charge on any atom is 1.00 e. The minimum atomic E-state index is -2.14. The van der Waals surface area contributed by atoms with E-state index in [-0.39, 0.29) is 103 Å². The van der Waals surface area contributed by atoms with Gasteiger partial charge in [-0.15, -0.1) is 0 Å². The molecule has 10 atom stereocenters. The molecule has 2 aliphatic heterocycles. The van der Waals surface area contributed by atoms with Crippen molar-refractivity contribution in [3.8, 4) is 0 Å². The van der Waals surface area contributed by atoms with Crippen LogP contribution in [0.2, 0.25) is 0 Å². The van der Waals surface area contributed by atoms with Gasteiger partial charge in [0.1, 0.15) is 48.8 Å². The van der Waals surface area contributed by atoms with Crippen molar-refractivity contribution in [3.05, 3.63) is 0 Å². The van der Waals surface area contributed by atoms with E-state index in [1.165, 1.54) is 0 Å². The van der Waals surface area contributed by atoms with Gasteiger partial charge in [-0.3, -0.25) is 0 Å². The Hall–Kier alpha value is 1.85. The Balaban J connectivity index is 0.00000338. The van der Waals surface area contributed by atoms with Gasteiger partial charge in [-0.05, 0) is 0 Å². The van der Waals surface area contributed by atoms with Gasteiger partial charge in [-0.2, -0.15) is 0 Å². The summed E-state index contributed by atoms with van der Waals surface area (Å²) in [6.45, 7) is 0. The number of aliphatic hydroxyl groups excluding tert-OH is 6. The van der Waals surface area contributed by atoms with Crippen molar-refractivity contribution in [1.82, 2.24) is 0 Å². The zero-order chi connectivity index (χ0) is 19.0. The number of ether oxygens (including phenoxy) is 3. The fourth-order valence-corrected chi connectivity index (χ4v) is 2.50. The Bertz CT molecular complexity index is 522. The van der Waals surface area contributed by atoms with Gasteiger partial charge in [0.15, 0.2) is 12.6 Å². The Kier molecular flexibility index (Phi) is 12.9. The Labute approximate surface area is 237 Å². The van der Waals surface area contributed by atoms with Crippen molar-refractivity contribution in [2.24, 2.45) is 0 Å². The van der Waals surface area contributed by atoms with Gasteiger partial charge in [0.05, 0.1) is 11.9 Å². The van der Waals surface area contributed by atoms with E-state index >= 15 is 0 Å². The molecule has 144 valence electrons. The van der Waals surface area contributed by atoms with Crippen LogP contribution in [-0.2, 0) is 23.8 Å². The smallest absolute Gasteiger partial charge is 0.547 e. The molecule has 0 radical (unpaired) electrons. The second-order valence-electron chi connectivity index (χ2n) is 5.56. The minimum absolute atomic E-state index is 0. The van der Waals surface area contributed by atoms with Gasteiger partial charge >= 0.3 is 103 Å². The monoisotopic (exact) mass is 446 g/mol. The number of hydrogen-bond acceptors (Lipinski definition) is 13. The predicted molar refractivity (Wildman–Crippen MR) is 64.5 cm³/mol. The normalized spacial score (nSPS) is 44.5. The van der Waals surface area contributed by atoms with Crippen LogP contribution in [0.4, 0.5) is 0 Å². The second kappa shape index (κ2) is 12.0. The Morgan fingerprint density at radius 2 is 1.22 bits per heavy atom. The molecule has 0 aromatic rings. The molecule has 2 aliphatic rings. The van der Waals surface area contributed by atoms with E-state index in [0.29, 0.717) is 0 Å². The maximum atomic E-state index is 11.1. The summed E-state index contributed by atoms with van der Waals surface area (Å²) >= 11 is 0. The topological polar surface area (TPSA) is 229 Å². The third kappa shape index (κ3) is 6.42. The summed E-state index contributed by atoms with van der Waals surface area (Å²) < 4.78 is 14.2. The largest absolute Gasteiger partial charge is 1.00 e. The van der Waals surface area contributed by atoms with E-state index in [1.807, 2.05) is 0 Å². The third-order valence-electron chi connectivity index (χ3n) is 3.89. The molecule has 6 N–H and O–H groups in total. The molecule has 13 nitrogen and oxygen atoms in total. The van der Waals surface area contributed by atoms with E-state index < -0.39 is 73.4 Å². The molecule has 0 aliphatic carbocycles. The van der Waals surface area contributed by atoms with Crippen LogP contribution in [0.25, 0.3) is 0 Å². The van der Waals surface area contributed by atoms with Crippen molar-refractivity contribution in [1.29, 1.82) is 0 Å². The first-order chi connectivity index (χ1) is 11.6.